The van der Waals surface area contributed by atoms with Gasteiger partial charge in [0.05, 0.1) is 0 Å². The van der Waals surface area contributed by atoms with Crippen molar-refractivity contribution in [3.05, 3.63) is 54.3 Å². The van der Waals surface area contributed by atoms with Crippen molar-refractivity contribution in [3.63, 3.8) is 0 Å². The van der Waals surface area contributed by atoms with Gasteiger partial charge in [0.1, 0.15) is 0 Å². The molecule has 5 aliphatic carbocycles. The first-order valence-corrected chi connectivity index (χ1v) is 14.0. The van der Waals surface area contributed by atoms with Gasteiger partial charge >= 0.3 is 0 Å². The minimum absolute atomic E-state index is 0.111. The zero-order chi connectivity index (χ0) is 23.9. The maximum Gasteiger partial charge on any atom is 0.0108 e. The molecule has 0 spiro atoms. The third-order valence-electron chi connectivity index (χ3n) is 12.9. The molecule has 0 aromatic heterocycles. The van der Waals surface area contributed by atoms with E-state index in [4.69, 9.17) is 0 Å². The van der Waals surface area contributed by atoms with Gasteiger partial charge in [0.15, 0.2) is 0 Å². The molecule has 33 heavy (non-hydrogen) atoms. The van der Waals surface area contributed by atoms with Gasteiger partial charge < -0.3 is 0 Å². The van der Waals surface area contributed by atoms with Crippen LogP contribution in [0.1, 0.15) is 99.3 Å². The number of rotatable bonds is 2. The van der Waals surface area contributed by atoms with Crippen LogP contribution in [0.5, 0.6) is 0 Å². The normalized spacial score (nSPS) is 53.0. The van der Waals surface area contributed by atoms with Crippen molar-refractivity contribution in [2.24, 2.45) is 50.7 Å². The fraction of sp³-hybridized carbons (Fsp3) is 0.727. The molecule has 180 valence electrons. The standard InChI is InChI=1S/C33H48/c1-9-24-22-27-30(6,20-16-26-29(5,10-2)17-13-18-31(26,27)7)25-15-21-33(11-3)19-12-14-23(4)32(33,8)28(24)25/h10,13,18,22-23,25-26,28H,1-2,11-12,14-17,19-21H2,3-8H3. The zero-order valence-electron chi connectivity index (χ0n) is 22.4. The highest BCUT2D eigenvalue weighted by molar-refractivity contribution is 5.46. The van der Waals surface area contributed by atoms with Gasteiger partial charge in [-0.25, -0.2) is 0 Å². The number of hydrogen-bond acceptors (Lipinski definition) is 0. The Morgan fingerprint density at radius 3 is 2.52 bits per heavy atom. The highest BCUT2D eigenvalue weighted by Gasteiger charge is 2.67. The lowest BCUT2D eigenvalue weighted by molar-refractivity contribution is -0.160. The lowest BCUT2D eigenvalue weighted by Gasteiger charge is -2.70. The van der Waals surface area contributed by atoms with E-state index in [1.165, 1.54) is 56.9 Å². The van der Waals surface area contributed by atoms with Gasteiger partial charge in [-0.1, -0.05) is 90.8 Å². The molecule has 0 heteroatoms. The van der Waals surface area contributed by atoms with E-state index < -0.39 is 0 Å². The van der Waals surface area contributed by atoms with Gasteiger partial charge in [-0.05, 0) is 89.9 Å². The molecule has 0 N–H and O–H groups in total. The molecule has 0 aromatic rings. The molecule has 0 heterocycles. The van der Waals surface area contributed by atoms with E-state index in [2.05, 4.69) is 84.7 Å². The van der Waals surface area contributed by atoms with E-state index in [0.717, 1.165) is 18.3 Å². The molecule has 3 fully saturated rings. The number of fused-ring (bicyclic) bond motifs is 7. The van der Waals surface area contributed by atoms with Crippen LogP contribution in [0, 0.1) is 50.7 Å². The fourth-order valence-corrected chi connectivity index (χ4v) is 10.8. The summed E-state index contributed by atoms with van der Waals surface area (Å²) >= 11 is 0. The van der Waals surface area contributed by atoms with Crippen molar-refractivity contribution in [2.45, 2.75) is 99.3 Å². The van der Waals surface area contributed by atoms with Gasteiger partial charge in [-0.3, -0.25) is 0 Å². The largest absolute Gasteiger partial charge is 0.125 e. The summed E-state index contributed by atoms with van der Waals surface area (Å²) in [4.78, 5) is 0. The highest BCUT2D eigenvalue weighted by atomic mass is 14.7. The van der Waals surface area contributed by atoms with E-state index in [1.807, 2.05) is 0 Å². The lowest BCUT2D eigenvalue weighted by atomic mass is 9.34. The summed E-state index contributed by atoms with van der Waals surface area (Å²) in [7, 11) is 0. The number of hydrogen-bond donors (Lipinski definition) is 0. The molecule has 0 saturated heterocycles. The maximum atomic E-state index is 4.31. The molecular weight excluding hydrogens is 396 g/mol. The highest BCUT2D eigenvalue weighted by Crippen LogP contribution is 2.75. The summed E-state index contributed by atoms with van der Waals surface area (Å²) in [5, 5.41) is 0. The summed E-state index contributed by atoms with van der Waals surface area (Å²) in [6.07, 6.45) is 22.1. The Kier molecular flexibility index (Phi) is 5.24. The molecule has 5 rings (SSSR count). The Bertz CT molecular complexity index is 957. The van der Waals surface area contributed by atoms with Gasteiger partial charge in [0, 0.05) is 11.3 Å². The van der Waals surface area contributed by atoms with Crippen molar-refractivity contribution in [3.8, 4) is 0 Å². The molecule has 0 nitrogen and oxygen atoms in total. The predicted molar refractivity (Wildman–Crippen MR) is 142 cm³/mol. The quantitative estimate of drug-likeness (QED) is 0.294. The van der Waals surface area contributed by atoms with Crippen molar-refractivity contribution in [2.75, 3.05) is 0 Å². The minimum Gasteiger partial charge on any atom is -0.125 e. The molecule has 9 atom stereocenters. The average Bonchev–Trinajstić information content (AvgIpc) is 2.79. The molecule has 0 radical (unpaired) electrons. The van der Waals surface area contributed by atoms with Gasteiger partial charge in [-0.2, -0.15) is 0 Å². The Morgan fingerprint density at radius 2 is 1.85 bits per heavy atom. The van der Waals surface area contributed by atoms with Crippen molar-refractivity contribution in [1.29, 1.82) is 0 Å². The van der Waals surface area contributed by atoms with E-state index in [9.17, 15) is 0 Å². The summed E-state index contributed by atoms with van der Waals surface area (Å²) in [6, 6.07) is 0. The first-order valence-electron chi connectivity index (χ1n) is 14.0. The van der Waals surface area contributed by atoms with E-state index in [0.29, 0.717) is 22.7 Å². The smallest absolute Gasteiger partial charge is 0.0108 e. The van der Waals surface area contributed by atoms with Crippen LogP contribution in [0.2, 0.25) is 0 Å². The summed E-state index contributed by atoms with van der Waals surface area (Å²) < 4.78 is 0. The Balaban J connectivity index is 1.70. The lowest BCUT2D eigenvalue weighted by Crippen LogP contribution is -2.62. The third-order valence-corrected chi connectivity index (χ3v) is 12.9. The van der Waals surface area contributed by atoms with Crippen LogP contribution >= 0.6 is 0 Å². The second-order valence-corrected chi connectivity index (χ2v) is 13.6. The predicted octanol–water partition coefficient (Wildman–Crippen LogP) is 9.46. The van der Waals surface area contributed by atoms with Gasteiger partial charge in [0.2, 0.25) is 0 Å². The molecule has 5 aliphatic rings. The zero-order valence-corrected chi connectivity index (χ0v) is 22.4. The SMILES string of the molecule is C=C=C1C=C2C3(C)C=CCC(C)(C=C)C3CCC2(C)C2CCC3(CC)CCCC(C)C3(C)C12. The monoisotopic (exact) mass is 444 g/mol. The van der Waals surface area contributed by atoms with Crippen LogP contribution in [0.3, 0.4) is 0 Å². The van der Waals surface area contributed by atoms with Crippen molar-refractivity contribution >= 4 is 0 Å². The molecule has 0 bridgehead atoms. The van der Waals surface area contributed by atoms with E-state index in [1.54, 1.807) is 5.57 Å². The third kappa shape index (κ3) is 2.71. The molecule has 9 unspecified atom stereocenters. The van der Waals surface area contributed by atoms with Gasteiger partial charge in [0.25, 0.3) is 0 Å². The average molecular weight is 445 g/mol. The summed E-state index contributed by atoms with van der Waals surface area (Å²) in [5.74, 6) is 2.73. The molecular formula is C33H48. The fourth-order valence-electron chi connectivity index (χ4n) is 10.8. The Hall–Kier alpha value is -1.26. The topological polar surface area (TPSA) is 0 Å². The summed E-state index contributed by atoms with van der Waals surface area (Å²) in [6.45, 7) is 24.0. The van der Waals surface area contributed by atoms with Crippen LogP contribution in [0.15, 0.2) is 54.3 Å². The molecule has 0 aliphatic heterocycles. The minimum atomic E-state index is 0.111. The van der Waals surface area contributed by atoms with Crippen LogP contribution in [-0.4, -0.2) is 0 Å². The van der Waals surface area contributed by atoms with Crippen molar-refractivity contribution < 1.29 is 0 Å². The molecule has 0 amide bonds. The number of allylic oxidation sites excluding steroid dienone is 6. The first-order chi connectivity index (χ1) is 15.6. The van der Waals surface area contributed by atoms with Crippen LogP contribution in [-0.2, 0) is 0 Å². The molecule has 0 aromatic carbocycles. The molecule has 3 saturated carbocycles. The first kappa shape index (κ1) is 23.5. The van der Waals surface area contributed by atoms with E-state index in [-0.39, 0.29) is 16.2 Å². The van der Waals surface area contributed by atoms with Gasteiger partial charge in [-0.15, -0.1) is 12.3 Å². The second-order valence-electron chi connectivity index (χ2n) is 13.6. The van der Waals surface area contributed by atoms with E-state index >= 15 is 0 Å². The summed E-state index contributed by atoms with van der Waals surface area (Å²) in [5.41, 5.74) is 8.12. The van der Waals surface area contributed by atoms with Crippen LogP contribution < -0.4 is 0 Å². The Morgan fingerprint density at radius 1 is 1.09 bits per heavy atom. The van der Waals surface area contributed by atoms with Crippen LogP contribution in [0.25, 0.3) is 0 Å². The van der Waals surface area contributed by atoms with Crippen LogP contribution in [0.4, 0.5) is 0 Å². The second kappa shape index (κ2) is 7.37. The van der Waals surface area contributed by atoms with Crippen molar-refractivity contribution in [1.82, 2.24) is 0 Å². The Labute approximate surface area is 204 Å². The maximum absolute atomic E-state index is 4.31.